The summed E-state index contributed by atoms with van der Waals surface area (Å²) in [6, 6.07) is 15.5. The number of pyridine rings is 1. The fraction of sp³-hybridized carbons (Fsp3) is 0.0588. The van der Waals surface area contributed by atoms with Gasteiger partial charge in [0.25, 0.3) is 15.9 Å². The Bertz CT molecular complexity index is 1040. The van der Waals surface area contributed by atoms with E-state index in [0.717, 1.165) is 9.69 Å². The lowest BCUT2D eigenvalue weighted by Crippen LogP contribution is -2.29. The average molecular weight is 324 g/mol. The zero-order valence-electron chi connectivity index (χ0n) is 12.0. The van der Waals surface area contributed by atoms with Crippen LogP contribution in [0.5, 0.6) is 0 Å². The number of nitrogens with zero attached hydrogens (tertiary/aromatic N) is 2. The SMILES string of the molecule is O=C1c2ccccc2S(=O)(=O)N1Cc1cccc2cccnc12. The van der Waals surface area contributed by atoms with E-state index in [0.29, 0.717) is 11.1 Å². The lowest BCUT2D eigenvalue weighted by atomic mass is 10.1. The smallest absolute Gasteiger partial charge is 0.268 e. The molecule has 2 aromatic carbocycles. The van der Waals surface area contributed by atoms with Crippen molar-refractivity contribution in [3.8, 4) is 0 Å². The first-order valence-electron chi connectivity index (χ1n) is 7.08. The molecule has 1 aliphatic heterocycles. The summed E-state index contributed by atoms with van der Waals surface area (Å²) >= 11 is 0. The van der Waals surface area contributed by atoms with Crippen LogP contribution in [-0.4, -0.2) is 23.6 Å². The number of hydrogen-bond donors (Lipinski definition) is 0. The molecule has 2 heterocycles. The van der Waals surface area contributed by atoms with Gasteiger partial charge < -0.3 is 0 Å². The van der Waals surface area contributed by atoms with Crippen molar-refractivity contribution in [3.05, 3.63) is 71.9 Å². The Balaban J connectivity index is 1.82. The molecule has 1 aliphatic rings. The summed E-state index contributed by atoms with van der Waals surface area (Å²) in [5.74, 6) is -0.492. The number of sulfonamides is 1. The van der Waals surface area contributed by atoms with E-state index >= 15 is 0 Å². The summed E-state index contributed by atoms with van der Waals surface area (Å²) in [4.78, 5) is 16.9. The van der Waals surface area contributed by atoms with Crippen LogP contribution in [0.4, 0.5) is 0 Å². The Labute approximate surface area is 133 Å². The Hall–Kier alpha value is -2.73. The van der Waals surface area contributed by atoms with Crippen LogP contribution in [0.3, 0.4) is 0 Å². The normalized spacial score (nSPS) is 15.8. The van der Waals surface area contributed by atoms with Gasteiger partial charge in [0.2, 0.25) is 0 Å². The number of carbonyl (C=O) groups excluding carboxylic acids is 1. The molecule has 6 heteroatoms. The fourth-order valence-electron chi connectivity index (χ4n) is 2.84. The topological polar surface area (TPSA) is 67.3 Å². The van der Waals surface area contributed by atoms with Gasteiger partial charge in [0.05, 0.1) is 17.6 Å². The second-order valence-electron chi connectivity index (χ2n) is 5.31. The van der Waals surface area contributed by atoms with Gasteiger partial charge in [0.15, 0.2) is 0 Å². The van der Waals surface area contributed by atoms with E-state index in [1.165, 1.54) is 12.1 Å². The maximum absolute atomic E-state index is 12.6. The van der Waals surface area contributed by atoms with Crippen molar-refractivity contribution in [1.82, 2.24) is 9.29 Å². The Kier molecular flexibility index (Phi) is 2.96. The number of rotatable bonds is 2. The number of hydrogen-bond acceptors (Lipinski definition) is 4. The molecule has 0 saturated heterocycles. The highest BCUT2D eigenvalue weighted by molar-refractivity contribution is 7.90. The third-order valence-electron chi connectivity index (χ3n) is 3.94. The summed E-state index contributed by atoms with van der Waals surface area (Å²) in [5.41, 5.74) is 1.63. The molecule has 0 bridgehead atoms. The second kappa shape index (κ2) is 4.89. The van der Waals surface area contributed by atoms with Crippen LogP contribution in [0.15, 0.2) is 65.7 Å². The van der Waals surface area contributed by atoms with Gasteiger partial charge in [-0.1, -0.05) is 36.4 Å². The maximum atomic E-state index is 12.6. The van der Waals surface area contributed by atoms with Crippen molar-refractivity contribution >= 4 is 26.8 Å². The summed E-state index contributed by atoms with van der Waals surface area (Å²) < 4.78 is 26.2. The maximum Gasteiger partial charge on any atom is 0.269 e. The predicted molar refractivity (Wildman–Crippen MR) is 85.2 cm³/mol. The van der Waals surface area contributed by atoms with Gasteiger partial charge in [-0.25, -0.2) is 12.7 Å². The molecule has 23 heavy (non-hydrogen) atoms. The first kappa shape index (κ1) is 13.9. The first-order valence-corrected chi connectivity index (χ1v) is 8.52. The largest absolute Gasteiger partial charge is 0.269 e. The van der Waals surface area contributed by atoms with Crippen molar-refractivity contribution in [2.75, 3.05) is 0 Å². The minimum atomic E-state index is -3.81. The molecule has 0 unspecified atom stereocenters. The third-order valence-corrected chi connectivity index (χ3v) is 5.73. The summed E-state index contributed by atoms with van der Waals surface area (Å²) in [6.07, 6.45) is 1.65. The van der Waals surface area contributed by atoms with Crippen LogP contribution in [-0.2, 0) is 16.6 Å². The molecule has 0 aliphatic carbocycles. The number of carbonyl (C=O) groups is 1. The molecular formula is C17H12N2O3S. The molecule has 1 aromatic heterocycles. The molecule has 0 fully saturated rings. The van der Waals surface area contributed by atoms with Crippen LogP contribution < -0.4 is 0 Å². The van der Waals surface area contributed by atoms with Crippen molar-refractivity contribution in [1.29, 1.82) is 0 Å². The zero-order chi connectivity index (χ0) is 16.0. The Morgan fingerprint density at radius 3 is 2.57 bits per heavy atom. The quantitative estimate of drug-likeness (QED) is 0.726. The van der Waals surface area contributed by atoms with E-state index in [1.807, 2.05) is 24.3 Å². The van der Waals surface area contributed by atoms with E-state index < -0.39 is 15.9 Å². The molecule has 1 amide bonds. The standard InChI is InChI=1S/C17H12N2O3S/c20-17-14-8-1-2-9-15(14)23(21,22)19(17)11-13-6-3-5-12-7-4-10-18-16(12)13/h1-10H,11H2. The van der Waals surface area contributed by atoms with Crippen molar-refractivity contribution in [2.45, 2.75) is 11.4 Å². The molecule has 0 saturated carbocycles. The highest BCUT2D eigenvalue weighted by Gasteiger charge is 2.40. The molecule has 0 N–H and O–H groups in total. The molecular weight excluding hydrogens is 312 g/mol. The monoisotopic (exact) mass is 324 g/mol. The van der Waals surface area contributed by atoms with Gasteiger partial charge in [0, 0.05) is 11.6 Å². The molecule has 0 atom stereocenters. The van der Waals surface area contributed by atoms with Crippen LogP contribution in [0.25, 0.3) is 10.9 Å². The van der Waals surface area contributed by atoms with E-state index in [2.05, 4.69) is 4.98 Å². The van der Waals surface area contributed by atoms with Crippen LogP contribution >= 0.6 is 0 Å². The van der Waals surface area contributed by atoms with Gasteiger partial charge in [-0.2, -0.15) is 0 Å². The van der Waals surface area contributed by atoms with E-state index in [9.17, 15) is 13.2 Å². The van der Waals surface area contributed by atoms with Crippen molar-refractivity contribution in [3.63, 3.8) is 0 Å². The second-order valence-corrected chi connectivity index (χ2v) is 7.14. The lowest BCUT2D eigenvalue weighted by molar-refractivity contribution is 0.0865. The lowest BCUT2D eigenvalue weighted by Gasteiger charge is -2.16. The molecule has 114 valence electrons. The minimum Gasteiger partial charge on any atom is -0.268 e. The van der Waals surface area contributed by atoms with Crippen LogP contribution in [0, 0.1) is 0 Å². The van der Waals surface area contributed by atoms with Gasteiger partial charge in [-0.3, -0.25) is 9.78 Å². The number of benzene rings is 2. The number of fused-ring (bicyclic) bond motifs is 2. The Morgan fingerprint density at radius 2 is 1.74 bits per heavy atom. The third kappa shape index (κ3) is 2.03. The summed E-state index contributed by atoms with van der Waals surface area (Å²) in [6.45, 7) is -0.0236. The van der Waals surface area contributed by atoms with Crippen LogP contribution in [0.1, 0.15) is 15.9 Å². The number of aromatic nitrogens is 1. The van der Waals surface area contributed by atoms with Crippen molar-refractivity contribution < 1.29 is 13.2 Å². The Morgan fingerprint density at radius 1 is 0.957 bits per heavy atom. The minimum absolute atomic E-state index is 0.0236. The first-order chi connectivity index (χ1) is 11.1. The van der Waals surface area contributed by atoms with Crippen molar-refractivity contribution in [2.24, 2.45) is 0 Å². The van der Waals surface area contributed by atoms with E-state index in [4.69, 9.17) is 0 Å². The molecule has 0 radical (unpaired) electrons. The highest BCUT2D eigenvalue weighted by atomic mass is 32.2. The highest BCUT2D eigenvalue weighted by Crippen LogP contribution is 2.32. The van der Waals surface area contributed by atoms with E-state index in [-0.39, 0.29) is 17.0 Å². The van der Waals surface area contributed by atoms with E-state index in [1.54, 1.807) is 24.4 Å². The number of para-hydroxylation sites is 1. The number of amides is 1. The van der Waals surface area contributed by atoms with Gasteiger partial charge in [-0.15, -0.1) is 0 Å². The summed E-state index contributed by atoms with van der Waals surface area (Å²) in [5, 5.41) is 0.909. The van der Waals surface area contributed by atoms with Crippen LogP contribution in [0.2, 0.25) is 0 Å². The average Bonchev–Trinajstić information content (AvgIpc) is 2.77. The zero-order valence-corrected chi connectivity index (χ0v) is 12.8. The van der Waals surface area contributed by atoms with Gasteiger partial charge >= 0.3 is 0 Å². The summed E-state index contributed by atoms with van der Waals surface area (Å²) in [7, 11) is -3.81. The van der Waals surface area contributed by atoms with Gasteiger partial charge in [0.1, 0.15) is 4.90 Å². The van der Waals surface area contributed by atoms with Gasteiger partial charge in [-0.05, 0) is 23.8 Å². The molecule has 5 nitrogen and oxygen atoms in total. The molecule has 0 spiro atoms. The molecule has 3 aromatic rings. The predicted octanol–water partition coefficient (Wildman–Crippen LogP) is 2.58. The fourth-order valence-corrected chi connectivity index (χ4v) is 4.38. The molecule has 4 rings (SSSR count).